The maximum Gasteiger partial charge on any atom is 0.270 e. The van der Waals surface area contributed by atoms with Crippen molar-refractivity contribution < 1.29 is 4.79 Å². The molecule has 0 spiro atoms. The highest BCUT2D eigenvalue weighted by Gasteiger charge is 2.26. The Bertz CT molecular complexity index is 851. The first-order chi connectivity index (χ1) is 13.0. The molecule has 0 atom stereocenters. The summed E-state index contributed by atoms with van der Waals surface area (Å²) in [4.78, 5) is 18.7. The van der Waals surface area contributed by atoms with Crippen LogP contribution in [0.15, 0.2) is 36.5 Å². The minimum Gasteiger partial charge on any atom is -0.372 e. The smallest absolute Gasteiger partial charge is 0.270 e. The van der Waals surface area contributed by atoms with E-state index < -0.39 is 0 Å². The van der Waals surface area contributed by atoms with E-state index in [1.807, 2.05) is 25.1 Å². The van der Waals surface area contributed by atoms with Gasteiger partial charge in [0.1, 0.15) is 11.8 Å². The molecule has 1 saturated carbocycles. The van der Waals surface area contributed by atoms with E-state index in [0.717, 1.165) is 36.9 Å². The van der Waals surface area contributed by atoms with Gasteiger partial charge in [-0.3, -0.25) is 9.78 Å². The third kappa shape index (κ3) is 4.58. The summed E-state index contributed by atoms with van der Waals surface area (Å²) >= 11 is 6.16. The monoisotopic (exact) mass is 382 g/mol. The lowest BCUT2D eigenvalue weighted by Gasteiger charge is -2.36. The number of amides is 1. The molecule has 0 saturated heterocycles. The van der Waals surface area contributed by atoms with E-state index in [-0.39, 0.29) is 11.9 Å². The van der Waals surface area contributed by atoms with Crippen molar-refractivity contribution in [3.63, 3.8) is 0 Å². The number of anilines is 1. The Morgan fingerprint density at radius 1 is 1.26 bits per heavy atom. The van der Waals surface area contributed by atoms with Crippen LogP contribution in [0.25, 0.3) is 0 Å². The van der Waals surface area contributed by atoms with Gasteiger partial charge < -0.3 is 10.2 Å². The molecule has 0 bridgehead atoms. The van der Waals surface area contributed by atoms with Crippen molar-refractivity contribution in [3.8, 4) is 6.07 Å². The molecule has 27 heavy (non-hydrogen) atoms. The second-order valence-electron chi connectivity index (χ2n) is 7.09. The molecule has 5 nitrogen and oxygen atoms in total. The number of nitrogens with one attached hydrogen (secondary N) is 1. The number of aromatic nitrogens is 1. The summed E-state index contributed by atoms with van der Waals surface area (Å²) in [6.45, 7) is 1.95. The number of pyridine rings is 1. The topological polar surface area (TPSA) is 69.0 Å². The van der Waals surface area contributed by atoms with Gasteiger partial charge in [0.25, 0.3) is 5.91 Å². The zero-order chi connectivity index (χ0) is 19.4. The second kappa shape index (κ2) is 8.41. The molecule has 1 aromatic heterocycles. The van der Waals surface area contributed by atoms with Crippen molar-refractivity contribution in [1.82, 2.24) is 10.3 Å². The van der Waals surface area contributed by atoms with Crippen molar-refractivity contribution in [3.05, 3.63) is 58.4 Å². The molecule has 1 aromatic carbocycles. The number of benzene rings is 1. The summed E-state index contributed by atoms with van der Waals surface area (Å²) in [6, 6.07) is 11.8. The van der Waals surface area contributed by atoms with Crippen molar-refractivity contribution >= 4 is 23.2 Å². The molecule has 1 aliphatic carbocycles. The molecule has 0 radical (unpaired) electrons. The van der Waals surface area contributed by atoms with Crippen LogP contribution in [0.2, 0.25) is 5.02 Å². The van der Waals surface area contributed by atoms with E-state index >= 15 is 0 Å². The van der Waals surface area contributed by atoms with Crippen LogP contribution < -0.4 is 10.2 Å². The highest BCUT2D eigenvalue weighted by atomic mass is 35.5. The normalized spacial score (nSPS) is 19.2. The van der Waals surface area contributed by atoms with Gasteiger partial charge in [0.05, 0.1) is 10.6 Å². The summed E-state index contributed by atoms with van der Waals surface area (Å²) in [7, 11) is 2.05. The lowest BCUT2D eigenvalue weighted by atomic mass is 9.90. The fourth-order valence-electron chi connectivity index (χ4n) is 3.49. The van der Waals surface area contributed by atoms with Gasteiger partial charge in [0, 0.05) is 31.0 Å². The van der Waals surface area contributed by atoms with Gasteiger partial charge in [-0.25, -0.2) is 0 Å². The number of aryl methyl sites for hydroxylation is 1. The molecule has 2 aromatic rings. The van der Waals surface area contributed by atoms with Gasteiger partial charge in [-0.2, -0.15) is 5.26 Å². The van der Waals surface area contributed by atoms with Gasteiger partial charge >= 0.3 is 0 Å². The Balaban J connectivity index is 1.55. The van der Waals surface area contributed by atoms with Crippen LogP contribution in [0.5, 0.6) is 0 Å². The third-order valence-electron chi connectivity index (χ3n) is 5.20. The first-order valence-corrected chi connectivity index (χ1v) is 9.51. The summed E-state index contributed by atoms with van der Waals surface area (Å²) in [5.41, 5.74) is 3.00. The molecule has 1 amide bonds. The highest BCUT2D eigenvalue weighted by Crippen LogP contribution is 2.29. The second-order valence-corrected chi connectivity index (χ2v) is 7.49. The molecule has 0 unspecified atom stereocenters. The largest absolute Gasteiger partial charge is 0.372 e. The van der Waals surface area contributed by atoms with Crippen molar-refractivity contribution in [1.29, 1.82) is 5.26 Å². The summed E-state index contributed by atoms with van der Waals surface area (Å²) < 4.78 is 0. The maximum atomic E-state index is 12.3. The molecule has 1 heterocycles. The van der Waals surface area contributed by atoms with Gasteiger partial charge in [0.2, 0.25) is 0 Å². The molecule has 3 rings (SSSR count). The predicted molar refractivity (Wildman–Crippen MR) is 107 cm³/mol. The number of halogens is 1. The van der Waals surface area contributed by atoms with Crippen LogP contribution in [-0.2, 0) is 0 Å². The van der Waals surface area contributed by atoms with E-state index in [2.05, 4.69) is 28.3 Å². The summed E-state index contributed by atoms with van der Waals surface area (Å²) in [5.74, 6) is -0.106. The SMILES string of the molecule is Cc1ccc(C(=O)N[C@H]2CC[C@H](N(C)c3ccc(C#N)c(Cl)c3)CC2)nc1. The molecule has 0 aliphatic heterocycles. The predicted octanol–water partition coefficient (Wildman–Crippen LogP) is 4.09. The van der Waals surface area contributed by atoms with Crippen LogP contribution in [0, 0.1) is 18.3 Å². The number of nitrogens with zero attached hydrogens (tertiary/aromatic N) is 3. The van der Waals surface area contributed by atoms with Crippen LogP contribution >= 0.6 is 11.6 Å². The number of carbonyl (C=O) groups is 1. The van der Waals surface area contributed by atoms with Crippen LogP contribution in [0.3, 0.4) is 0 Å². The lowest BCUT2D eigenvalue weighted by Crippen LogP contribution is -2.43. The number of carbonyl (C=O) groups excluding carboxylic acids is 1. The van der Waals surface area contributed by atoms with Crippen LogP contribution in [0.1, 0.15) is 47.3 Å². The Morgan fingerprint density at radius 3 is 2.59 bits per heavy atom. The summed E-state index contributed by atoms with van der Waals surface area (Å²) in [6.07, 6.45) is 5.54. The lowest BCUT2D eigenvalue weighted by molar-refractivity contribution is 0.0920. The zero-order valence-electron chi connectivity index (χ0n) is 15.6. The van der Waals surface area contributed by atoms with Gasteiger partial charge in [-0.15, -0.1) is 0 Å². The van der Waals surface area contributed by atoms with Gasteiger partial charge in [0.15, 0.2) is 0 Å². The molecule has 6 heteroatoms. The summed E-state index contributed by atoms with van der Waals surface area (Å²) in [5, 5.41) is 12.6. The zero-order valence-corrected chi connectivity index (χ0v) is 16.3. The minimum atomic E-state index is -0.106. The van der Waals surface area contributed by atoms with E-state index in [1.54, 1.807) is 18.3 Å². The van der Waals surface area contributed by atoms with Crippen LogP contribution in [0.4, 0.5) is 5.69 Å². The van der Waals surface area contributed by atoms with E-state index in [9.17, 15) is 4.79 Å². The molecule has 1 N–H and O–H groups in total. The molecule has 1 aliphatic rings. The van der Waals surface area contributed by atoms with Gasteiger partial charge in [-0.05, 0) is 62.4 Å². The number of rotatable bonds is 4. The number of nitriles is 1. The first kappa shape index (κ1) is 19.2. The Labute approximate surface area is 165 Å². The minimum absolute atomic E-state index is 0.106. The Kier molecular flexibility index (Phi) is 5.98. The maximum absolute atomic E-state index is 12.3. The average molecular weight is 383 g/mol. The molecule has 140 valence electrons. The van der Waals surface area contributed by atoms with E-state index in [0.29, 0.717) is 22.3 Å². The average Bonchev–Trinajstić information content (AvgIpc) is 2.68. The van der Waals surface area contributed by atoms with Crippen molar-refractivity contribution in [2.24, 2.45) is 0 Å². The highest BCUT2D eigenvalue weighted by molar-refractivity contribution is 6.32. The fourth-order valence-corrected chi connectivity index (χ4v) is 3.71. The molecule has 1 fully saturated rings. The van der Waals surface area contributed by atoms with E-state index in [1.165, 1.54) is 0 Å². The van der Waals surface area contributed by atoms with E-state index in [4.69, 9.17) is 16.9 Å². The fraction of sp³-hybridized carbons (Fsp3) is 0.381. The van der Waals surface area contributed by atoms with Crippen LogP contribution in [-0.4, -0.2) is 30.0 Å². The van der Waals surface area contributed by atoms with Gasteiger partial charge in [-0.1, -0.05) is 17.7 Å². The standard InChI is InChI=1S/C21H23ClN4O/c1-14-3-10-20(24-13-14)21(27)25-16-5-8-17(9-6-16)26(2)18-7-4-15(12-23)19(22)11-18/h3-4,7,10-11,13,16-17H,5-6,8-9H2,1-2H3,(H,25,27)/t16-,17-. The Morgan fingerprint density at radius 2 is 2.00 bits per heavy atom. The molecular formula is C21H23ClN4O. The third-order valence-corrected chi connectivity index (χ3v) is 5.52. The number of hydrogen-bond donors (Lipinski definition) is 1. The first-order valence-electron chi connectivity index (χ1n) is 9.14. The van der Waals surface area contributed by atoms with Crippen molar-refractivity contribution in [2.45, 2.75) is 44.7 Å². The van der Waals surface area contributed by atoms with Crippen molar-refractivity contribution in [2.75, 3.05) is 11.9 Å². The quantitative estimate of drug-likeness (QED) is 0.864. The molecular weight excluding hydrogens is 360 g/mol. The number of hydrogen-bond acceptors (Lipinski definition) is 4. The Hall–Kier alpha value is -2.58.